The van der Waals surface area contributed by atoms with E-state index < -0.39 is 143 Å². The van der Waals surface area contributed by atoms with E-state index in [4.69, 9.17) is 13.7 Å². The van der Waals surface area contributed by atoms with Crippen molar-refractivity contribution in [1.82, 2.24) is 26.6 Å². The molecule has 1 saturated heterocycles. The summed E-state index contributed by atoms with van der Waals surface area (Å²) in [4.78, 5) is 12.1. The van der Waals surface area contributed by atoms with Crippen molar-refractivity contribution < 1.29 is 76.3 Å². The molecular formula is C29H53N7O17S4. The molecule has 0 radical (unpaired) electrons. The number of nitrogens with zero attached hydrogens (tertiary/aromatic N) is 2. The van der Waals surface area contributed by atoms with Gasteiger partial charge in [0.15, 0.2) is 6.35 Å². The van der Waals surface area contributed by atoms with Gasteiger partial charge >= 0.3 is 17.3 Å². The Morgan fingerprint density at radius 3 is 2.04 bits per heavy atom. The van der Waals surface area contributed by atoms with Gasteiger partial charge in [0.1, 0.15) is 30.0 Å². The van der Waals surface area contributed by atoms with Crippen molar-refractivity contribution in [2.24, 2.45) is 28.0 Å². The van der Waals surface area contributed by atoms with Crippen LogP contribution in [0.15, 0.2) is 10.2 Å². The molecule has 0 spiro atoms. The molecule has 17 unspecified atom stereocenters. The standard InChI is InChI=1S/C29H53N7O17S4/c1-3-52-29-33-27(32-28(34-29)31-19-11-14(55(42,43)44)5-6-15(19)26(38)39)30-18-8-9-21(56(45,46)47)16-12-20(53-54(40)41)24(25(37)23(16)18)36-35-17-7-4-13(51-2)10-22(17)57(48,49)50/h13-25,27-34,37H,3-12H2,1-2H3,(H,38,39)(H,40,41)(H,42,43,44)(H,45,46,47)(H,48,49,50). The van der Waals surface area contributed by atoms with Gasteiger partial charge in [-0.3, -0.25) is 53.8 Å². The van der Waals surface area contributed by atoms with Crippen LogP contribution in [0.1, 0.15) is 64.7 Å². The summed E-state index contributed by atoms with van der Waals surface area (Å²) >= 11 is -2.94. The molecule has 0 aromatic rings. The summed E-state index contributed by atoms with van der Waals surface area (Å²) in [6.45, 7) is 1.91. The molecule has 5 rings (SSSR count). The molecule has 0 aromatic heterocycles. The Bertz CT molecular complexity index is 1800. The van der Waals surface area contributed by atoms with Gasteiger partial charge in [0.2, 0.25) is 0 Å². The fourth-order valence-electron chi connectivity index (χ4n) is 9.15. The Morgan fingerprint density at radius 2 is 1.47 bits per heavy atom. The molecular weight excluding hydrogens is 847 g/mol. The van der Waals surface area contributed by atoms with Crippen LogP contribution < -0.4 is 26.6 Å². The number of aliphatic hydroxyl groups excluding tert-OH is 1. The van der Waals surface area contributed by atoms with Crippen LogP contribution in [-0.4, -0.2) is 155 Å². The zero-order valence-electron chi connectivity index (χ0n) is 31.0. The minimum absolute atomic E-state index is 0.0328. The second-order valence-corrected chi connectivity index (χ2v) is 20.7. The lowest BCUT2D eigenvalue weighted by atomic mass is 9.64. The lowest BCUT2D eigenvalue weighted by molar-refractivity contribution is -0.144. The van der Waals surface area contributed by atoms with E-state index in [1.165, 1.54) is 7.11 Å². The predicted octanol–water partition coefficient (Wildman–Crippen LogP) is -2.07. The molecule has 1 heterocycles. The minimum atomic E-state index is -4.75. The predicted molar refractivity (Wildman–Crippen MR) is 197 cm³/mol. The molecule has 0 amide bonds. The van der Waals surface area contributed by atoms with Crippen LogP contribution in [0.4, 0.5) is 0 Å². The highest BCUT2D eigenvalue weighted by atomic mass is 32.2. The number of carboxylic acids is 1. The van der Waals surface area contributed by atoms with Crippen LogP contribution in [0.5, 0.6) is 0 Å². The third kappa shape index (κ3) is 11.7. The van der Waals surface area contributed by atoms with Gasteiger partial charge in [-0.05, 0) is 70.6 Å². The number of aliphatic hydroxyl groups is 1. The molecule has 330 valence electrons. The number of nitrogens with one attached hydrogen (secondary N) is 5. The number of methoxy groups -OCH3 is 1. The van der Waals surface area contributed by atoms with Crippen molar-refractivity contribution in [1.29, 1.82) is 0 Å². The third-order valence-corrected chi connectivity index (χ3v) is 16.1. The summed E-state index contributed by atoms with van der Waals surface area (Å²) in [5.74, 6) is -4.33. The van der Waals surface area contributed by atoms with Gasteiger partial charge in [0.25, 0.3) is 30.4 Å². The average molecular weight is 900 g/mol. The van der Waals surface area contributed by atoms with Crippen LogP contribution >= 0.6 is 0 Å². The van der Waals surface area contributed by atoms with E-state index in [2.05, 4.69) is 36.8 Å². The molecule has 11 N–H and O–H groups in total. The second kappa shape index (κ2) is 19.1. The highest BCUT2D eigenvalue weighted by molar-refractivity contribution is 7.87. The van der Waals surface area contributed by atoms with E-state index in [-0.39, 0.29) is 58.0 Å². The third-order valence-electron chi connectivity index (χ3n) is 11.8. The first-order valence-electron chi connectivity index (χ1n) is 18.5. The van der Waals surface area contributed by atoms with E-state index in [1.807, 2.05) is 0 Å². The first-order valence-corrected chi connectivity index (χ1v) is 24.1. The van der Waals surface area contributed by atoms with Gasteiger partial charge in [-0.2, -0.15) is 39.7 Å². The van der Waals surface area contributed by atoms with Crippen molar-refractivity contribution in [3.63, 3.8) is 0 Å². The van der Waals surface area contributed by atoms with Gasteiger partial charge in [-0.1, -0.05) is 0 Å². The van der Waals surface area contributed by atoms with Crippen molar-refractivity contribution in [2.75, 3.05) is 13.7 Å². The van der Waals surface area contributed by atoms with Gasteiger partial charge in [0.05, 0.1) is 34.7 Å². The number of fused-ring (bicyclic) bond motifs is 1. The van der Waals surface area contributed by atoms with Crippen LogP contribution in [0.25, 0.3) is 0 Å². The van der Waals surface area contributed by atoms with Gasteiger partial charge < -0.3 is 19.7 Å². The Labute approximate surface area is 333 Å². The first kappa shape index (κ1) is 46.6. The zero-order chi connectivity index (χ0) is 42.0. The Kier molecular flexibility index (Phi) is 15.6. The summed E-state index contributed by atoms with van der Waals surface area (Å²) in [5.41, 5.74) is 0. The maximum absolute atomic E-state index is 12.7. The molecule has 24 nitrogen and oxygen atoms in total. The van der Waals surface area contributed by atoms with Crippen LogP contribution in [-0.2, 0) is 60.2 Å². The van der Waals surface area contributed by atoms with Crippen molar-refractivity contribution >= 4 is 47.7 Å². The van der Waals surface area contributed by atoms with E-state index >= 15 is 0 Å². The largest absolute Gasteiger partial charge is 0.481 e. The molecule has 1 aliphatic heterocycles. The maximum atomic E-state index is 12.7. The fourth-order valence-corrected chi connectivity index (χ4v) is 12.6. The molecule has 5 aliphatic rings. The molecule has 4 aliphatic carbocycles. The van der Waals surface area contributed by atoms with E-state index in [1.54, 1.807) is 6.92 Å². The van der Waals surface area contributed by atoms with Gasteiger partial charge in [-0.25, -0.2) is 0 Å². The number of hydrogen-bond donors (Lipinski definition) is 11. The number of carboxylic acid groups (broad SMARTS) is 1. The number of ether oxygens (including phenoxy) is 2. The molecule has 57 heavy (non-hydrogen) atoms. The molecule has 4 saturated carbocycles. The van der Waals surface area contributed by atoms with Gasteiger partial charge in [-0.15, -0.1) is 0 Å². The fraction of sp³-hybridized carbons (Fsp3) is 0.966. The highest BCUT2D eigenvalue weighted by Gasteiger charge is 2.56. The van der Waals surface area contributed by atoms with Crippen molar-refractivity contribution in [2.45, 2.75) is 142 Å². The number of rotatable bonds is 15. The molecule has 5 fully saturated rings. The zero-order valence-corrected chi connectivity index (χ0v) is 34.3. The van der Waals surface area contributed by atoms with Crippen molar-refractivity contribution in [3.8, 4) is 0 Å². The summed E-state index contributed by atoms with van der Waals surface area (Å²) < 4.78 is 142. The Balaban J connectivity index is 1.42. The summed E-state index contributed by atoms with van der Waals surface area (Å²) in [5, 5.41) is 41.9. The highest BCUT2D eigenvalue weighted by Crippen LogP contribution is 2.46. The smallest absolute Gasteiger partial charge is 0.308 e. The minimum Gasteiger partial charge on any atom is -0.481 e. The quantitative estimate of drug-likeness (QED) is 0.0478. The van der Waals surface area contributed by atoms with Gasteiger partial charge in [0, 0.05) is 31.7 Å². The Hall–Kier alpha value is -1.45. The number of carbonyl (C=O) groups is 1. The molecule has 0 bridgehead atoms. The monoisotopic (exact) mass is 899 g/mol. The van der Waals surface area contributed by atoms with E-state index in [9.17, 15) is 62.7 Å². The average Bonchev–Trinajstić information content (AvgIpc) is 3.09. The lowest BCUT2D eigenvalue weighted by Crippen LogP contribution is -2.78. The lowest BCUT2D eigenvalue weighted by Gasteiger charge is -2.52. The van der Waals surface area contributed by atoms with E-state index in [0.717, 1.165) is 0 Å². The van der Waals surface area contributed by atoms with Crippen LogP contribution in [0, 0.1) is 17.8 Å². The topological polar surface area (TPSA) is 370 Å². The summed E-state index contributed by atoms with van der Waals surface area (Å²) in [7, 11) is -12.5. The first-order chi connectivity index (χ1) is 26.6. The summed E-state index contributed by atoms with van der Waals surface area (Å²) in [6, 6.07) is -4.28. The SMILES string of the molecule is CCOC1NC(NC2CC(S(=O)(=O)O)CCC2C(=O)O)NC(NC2CCC(S(=O)(=O)O)C3CC(OS(=O)O)C(N=NC4CCC(OC)CC4S(=O)(=O)O)C(O)C23)N1. The summed E-state index contributed by atoms with van der Waals surface area (Å²) in [6.07, 6.45) is -6.71. The van der Waals surface area contributed by atoms with Crippen LogP contribution in [0.2, 0.25) is 0 Å². The maximum Gasteiger partial charge on any atom is 0.308 e. The molecule has 0 aromatic carbocycles. The molecule has 17 atom stereocenters. The number of azo groups is 1. The van der Waals surface area contributed by atoms with E-state index in [0.29, 0.717) is 6.42 Å². The molecule has 28 heteroatoms. The normalized spacial score (nSPS) is 41.7. The van der Waals surface area contributed by atoms with Crippen LogP contribution in [0.3, 0.4) is 0 Å². The van der Waals surface area contributed by atoms with Crippen molar-refractivity contribution in [3.05, 3.63) is 0 Å². The number of hydrogen-bond acceptors (Lipinski definition) is 19. The Morgan fingerprint density at radius 1 is 0.825 bits per heavy atom. The number of aliphatic carboxylic acids is 1. The second-order valence-electron chi connectivity index (χ2n) is 15.1.